The largest absolute Gasteiger partial charge is 0.503 e. The summed E-state index contributed by atoms with van der Waals surface area (Å²) < 4.78 is 10.8. The SMILES string of the molecule is CO/C=C(/C(=O)OC)c1ccccc1CO/N=C(C)/C(C)=N/N=C(\SC)SCc1ccc(C)cc1. The predicted molar refractivity (Wildman–Crippen MR) is 148 cm³/mol. The number of carbonyl (C=O) groups is 1. The molecular formula is C26H31N3O4S2. The zero-order valence-corrected chi connectivity index (χ0v) is 22.5. The molecule has 0 unspecified atom stereocenters. The molecule has 7 nitrogen and oxygen atoms in total. The van der Waals surface area contributed by atoms with Crippen molar-refractivity contribution >= 4 is 50.9 Å². The van der Waals surface area contributed by atoms with Crippen LogP contribution >= 0.6 is 23.5 Å². The lowest BCUT2D eigenvalue weighted by atomic mass is 10.0. The second kappa shape index (κ2) is 15.1. The summed E-state index contributed by atoms with van der Waals surface area (Å²) in [7, 11) is 2.80. The van der Waals surface area contributed by atoms with Crippen LogP contribution in [-0.4, -0.2) is 42.2 Å². The van der Waals surface area contributed by atoms with Crippen LogP contribution in [0.3, 0.4) is 0 Å². The highest BCUT2D eigenvalue weighted by Crippen LogP contribution is 2.22. The third-order valence-electron chi connectivity index (χ3n) is 4.83. The predicted octanol–water partition coefficient (Wildman–Crippen LogP) is 6.08. The van der Waals surface area contributed by atoms with Crippen LogP contribution in [0, 0.1) is 6.92 Å². The molecule has 0 N–H and O–H groups in total. The Morgan fingerprint density at radius 2 is 1.71 bits per heavy atom. The zero-order chi connectivity index (χ0) is 25.6. The van der Waals surface area contributed by atoms with Crippen LogP contribution in [-0.2, 0) is 31.5 Å². The quantitative estimate of drug-likeness (QED) is 0.0957. The van der Waals surface area contributed by atoms with Crippen LogP contribution < -0.4 is 0 Å². The summed E-state index contributed by atoms with van der Waals surface area (Å²) in [5.74, 6) is 0.333. The number of esters is 1. The summed E-state index contributed by atoms with van der Waals surface area (Å²) in [5.41, 5.74) is 5.46. The maximum atomic E-state index is 12.1. The number of nitrogens with zero attached hydrogens (tertiary/aromatic N) is 3. The number of benzene rings is 2. The van der Waals surface area contributed by atoms with Crippen LogP contribution in [0.15, 0.2) is 70.2 Å². The Balaban J connectivity index is 2.04. The molecule has 9 heteroatoms. The lowest BCUT2D eigenvalue weighted by Gasteiger charge is -2.11. The molecule has 35 heavy (non-hydrogen) atoms. The molecule has 0 amide bonds. The van der Waals surface area contributed by atoms with E-state index in [9.17, 15) is 4.79 Å². The van der Waals surface area contributed by atoms with E-state index in [4.69, 9.17) is 14.3 Å². The van der Waals surface area contributed by atoms with E-state index in [2.05, 4.69) is 46.5 Å². The van der Waals surface area contributed by atoms with Gasteiger partial charge in [-0.2, -0.15) is 5.10 Å². The van der Waals surface area contributed by atoms with Gasteiger partial charge in [-0.25, -0.2) is 4.79 Å². The molecule has 0 radical (unpaired) electrons. The molecule has 2 aromatic carbocycles. The molecule has 0 saturated carbocycles. The van der Waals surface area contributed by atoms with E-state index in [0.717, 1.165) is 15.7 Å². The number of methoxy groups -OCH3 is 2. The third kappa shape index (κ3) is 9.26. The van der Waals surface area contributed by atoms with Crippen molar-refractivity contribution in [2.24, 2.45) is 15.4 Å². The Bertz CT molecular complexity index is 1110. The lowest BCUT2D eigenvalue weighted by molar-refractivity contribution is -0.133. The number of oxime groups is 1. The summed E-state index contributed by atoms with van der Waals surface area (Å²) >= 11 is 3.20. The van der Waals surface area contributed by atoms with Gasteiger partial charge >= 0.3 is 5.97 Å². The zero-order valence-electron chi connectivity index (χ0n) is 20.9. The highest BCUT2D eigenvalue weighted by molar-refractivity contribution is 8.38. The van der Waals surface area contributed by atoms with Gasteiger partial charge in [0.15, 0.2) is 4.38 Å². The normalized spacial score (nSPS) is 13.0. The fourth-order valence-electron chi connectivity index (χ4n) is 2.77. The minimum atomic E-state index is -0.496. The highest BCUT2D eigenvalue weighted by Gasteiger charge is 2.16. The number of hydrogen-bond donors (Lipinski definition) is 0. The smallest absolute Gasteiger partial charge is 0.341 e. The Morgan fingerprint density at radius 1 is 1.00 bits per heavy atom. The Hall–Kier alpha value is -3.04. The third-order valence-corrected chi connectivity index (χ3v) is 6.92. The first-order valence-corrected chi connectivity index (χ1v) is 13.0. The van der Waals surface area contributed by atoms with Crippen LogP contribution in [0.2, 0.25) is 0 Å². The number of aryl methyl sites for hydroxylation is 1. The average Bonchev–Trinajstić information content (AvgIpc) is 2.88. The molecule has 0 saturated heterocycles. The van der Waals surface area contributed by atoms with Gasteiger partial charge in [0.2, 0.25) is 0 Å². The average molecular weight is 514 g/mol. The number of ether oxygens (including phenoxy) is 2. The number of carbonyl (C=O) groups excluding carboxylic acids is 1. The van der Waals surface area contributed by atoms with Crippen LogP contribution in [0.4, 0.5) is 0 Å². The van der Waals surface area contributed by atoms with Crippen molar-refractivity contribution in [1.82, 2.24) is 0 Å². The van der Waals surface area contributed by atoms with Crippen molar-refractivity contribution < 1.29 is 19.1 Å². The van der Waals surface area contributed by atoms with Crippen molar-refractivity contribution in [1.29, 1.82) is 0 Å². The first kappa shape index (κ1) is 28.2. The van der Waals surface area contributed by atoms with Crippen LogP contribution in [0.25, 0.3) is 5.57 Å². The maximum Gasteiger partial charge on any atom is 0.341 e. The van der Waals surface area contributed by atoms with Crippen LogP contribution in [0.5, 0.6) is 0 Å². The lowest BCUT2D eigenvalue weighted by Crippen LogP contribution is -2.08. The summed E-state index contributed by atoms with van der Waals surface area (Å²) in [5, 5.41) is 12.9. The summed E-state index contributed by atoms with van der Waals surface area (Å²) in [4.78, 5) is 17.7. The molecular weight excluding hydrogens is 482 g/mol. The summed E-state index contributed by atoms with van der Waals surface area (Å²) in [6.07, 6.45) is 3.34. The van der Waals surface area contributed by atoms with E-state index in [1.807, 2.05) is 38.3 Å². The van der Waals surface area contributed by atoms with Gasteiger partial charge in [0.1, 0.15) is 12.2 Å². The van der Waals surface area contributed by atoms with Gasteiger partial charge in [0.25, 0.3) is 0 Å². The second-order valence-electron chi connectivity index (χ2n) is 7.40. The van der Waals surface area contributed by atoms with Gasteiger partial charge in [0.05, 0.1) is 31.9 Å². The van der Waals surface area contributed by atoms with E-state index in [1.165, 1.54) is 31.6 Å². The fourth-order valence-corrected chi connectivity index (χ4v) is 4.12. The molecule has 0 aromatic heterocycles. The Morgan fingerprint density at radius 3 is 2.37 bits per heavy atom. The maximum absolute atomic E-state index is 12.1. The van der Waals surface area contributed by atoms with E-state index in [1.54, 1.807) is 29.6 Å². The van der Waals surface area contributed by atoms with E-state index >= 15 is 0 Å². The van der Waals surface area contributed by atoms with Crippen molar-refractivity contribution in [3.05, 3.63) is 77.0 Å². The van der Waals surface area contributed by atoms with Gasteiger partial charge in [-0.05, 0) is 38.2 Å². The fraction of sp³-hybridized carbons (Fsp3) is 0.308. The topological polar surface area (TPSA) is 81.8 Å². The first-order chi connectivity index (χ1) is 16.9. The molecule has 0 bridgehead atoms. The van der Waals surface area contributed by atoms with Gasteiger partial charge in [0, 0.05) is 11.3 Å². The van der Waals surface area contributed by atoms with E-state index in [0.29, 0.717) is 22.6 Å². The van der Waals surface area contributed by atoms with Gasteiger partial charge in [-0.3, -0.25) is 0 Å². The molecule has 186 valence electrons. The van der Waals surface area contributed by atoms with Gasteiger partial charge < -0.3 is 14.3 Å². The number of thioether (sulfide) groups is 2. The highest BCUT2D eigenvalue weighted by atomic mass is 32.2. The van der Waals surface area contributed by atoms with Crippen molar-refractivity contribution in [3.63, 3.8) is 0 Å². The van der Waals surface area contributed by atoms with Gasteiger partial charge in [-0.15, -0.1) is 16.9 Å². The molecule has 0 fully saturated rings. The molecule has 0 aliphatic heterocycles. The van der Waals surface area contributed by atoms with Gasteiger partial charge in [-0.1, -0.05) is 71.0 Å². The van der Waals surface area contributed by atoms with Crippen LogP contribution in [0.1, 0.15) is 36.1 Å². The minimum Gasteiger partial charge on any atom is -0.503 e. The van der Waals surface area contributed by atoms with E-state index < -0.39 is 5.97 Å². The summed E-state index contributed by atoms with van der Waals surface area (Å²) in [6.45, 7) is 5.88. The van der Waals surface area contributed by atoms with Crippen molar-refractivity contribution in [2.45, 2.75) is 33.1 Å². The molecule has 2 rings (SSSR count). The van der Waals surface area contributed by atoms with E-state index in [-0.39, 0.29) is 6.61 Å². The summed E-state index contributed by atoms with van der Waals surface area (Å²) in [6, 6.07) is 15.8. The molecule has 0 aliphatic carbocycles. The second-order valence-corrected chi connectivity index (χ2v) is 9.41. The minimum absolute atomic E-state index is 0.157. The van der Waals surface area contributed by atoms with Crippen molar-refractivity contribution in [2.75, 3.05) is 20.5 Å². The Kier molecular flexibility index (Phi) is 12.1. The number of hydrogen-bond acceptors (Lipinski definition) is 9. The molecule has 0 heterocycles. The molecule has 2 aromatic rings. The first-order valence-electron chi connectivity index (χ1n) is 10.8. The monoisotopic (exact) mass is 513 g/mol. The molecule has 0 atom stereocenters. The molecule has 0 aliphatic rings. The van der Waals surface area contributed by atoms with Crippen molar-refractivity contribution in [3.8, 4) is 0 Å². The number of rotatable bonds is 10. The standard InChI is InChI=1S/C26H31N3O4S2/c1-18-11-13-21(14-12-18)17-35-26(34-6)28-27-19(2)20(3)29-33-15-22-9-7-8-10-23(22)24(16-31-4)25(30)32-5/h7-14,16H,15,17H2,1-6H3/b24-16+,27-19+,28-26+,29-20+. The molecule has 0 spiro atoms. The Labute approximate surface area is 215 Å².